The minimum Gasteiger partial charge on any atom is -0.478 e. The summed E-state index contributed by atoms with van der Waals surface area (Å²) in [6.07, 6.45) is 18.7. The number of aliphatic carboxylic acids is 1. The zero-order chi connectivity index (χ0) is 14.9. The van der Waals surface area contributed by atoms with Gasteiger partial charge in [-0.05, 0) is 62.5 Å². The Bertz CT molecular complexity index is 404. The third-order valence-corrected chi connectivity index (χ3v) is 4.90. The molecular weight excluding hydrogens is 260 g/mol. The van der Waals surface area contributed by atoms with Crippen molar-refractivity contribution in [3.8, 4) is 0 Å². The minimum absolute atomic E-state index is 0.673. The Morgan fingerprint density at radius 2 is 1.33 bits per heavy atom. The molecule has 0 aromatic rings. The first-order chi connectivity index (χ1) is 10.3. The predicted octanol–water partition coefficient (Wildman–Crippen LogP) is 5.78. The monoisotopic (exact) mass is 290 g/mol. The molecule has 1 N–H and O–H groups in total. The van der Waals surface area contributed by atoms with Crippen molar-refractivity contribution in [2.45, 2.75) is 89.9 Å². The summed E-state index contributed by atoms with van der Waals surface area (Å²) in [4.78, 5) is 11.7. The van der Waals surface area contributed by atoms with E-state index in [1.807, 2.05) is 0 Å². The lowest BCUT2D eigenvalue weighted by Gasteiger charge is -2.16. The summed E-state index contributed by atoms with van der Waals surface area (Å²) in [7, 11) is 0. The SMILES string of the molecule is O=C(O)/C1=C(\C2=C\CCCCCCC2)CCCCCCC1. The van der Waals surface area contributed by atoms with Crippen LogP contribution in [0.2, 0.25) is 0 Å². The topological polar surface area (TPSA) is 37.3 Å². The molecule has 21 heavy (non-hydrogen) atoms. The summed E-state index contributed by atoms with van der Waals surface area (Å²) in [6.45, 7) is 0. The van der Waals surface area contributed by atoms with E-state index in [-0.39, 0.29) is 0 Å². The summed E-state index contributed by atoms with van der Waals surface area (Å²) in [6, 6.07) is 0. The Morgan fingerprint density at radius 3 is 2.05 bits per heavy atom. The number of hydrogen-bond acceptors (Lipinski definition) is 1. The van der Waals surface area contributed by atoms with E-state index in [0.717, 1.165) is 44.1 Å². The van der Waals surface area contributed by atoms with E-state index in [4.69, 9.17) is 0 Å². The molecule has 0 spiro atoms. The van der Waals surface area contributed by atoms with Crippen molar-refractivity contribution in [3.63, 3.8) is 0 Å². The van der Waals surface area contributed by atoms with Crippen LogP contribution in [0, 0.1) is 0 Å². The molecule has 2 aliphatic rings. The molecule has 0 amide bonds. The van der Waals surface area contributed by atoms with Crippen LogP contribution in [-0.4, -0.2) is 11.1 Å². The van der Waals surface area contributed by atoms with Gasteiger partial charge in [-0.15, -0.1) is 0 Å². The van der Waals surface area contributed by atoms with Gasteiger partial charge in [0.1, 0.15) is 0 Å². The second-order valence-corrected chi connectivity index (χ2v) is 6.57. The molecule has 0 bridgehead atoms. The highest BCUT2D eigenvalue weighted by Crippen LogP contribution is 2.32. The molecule has 0 aromatic carbocycles. The molecular formula is C19H30O2. The Morgan fingerprint density at radius 1 is 0.762 bits per heavy atom. The smallest absolute Gasteiger partial charge is 0.331 e. The maximum Gasteiger partial charge on any atom is 0.331 e. The van der Waals surface area contributed by atoms with Gasteiger partial charge >= 0.3 is 5.97 Å². The predicted molar refractivity (Wildman–Crippen MR) is 87.4 cm³/mol. The van der Waals surface area contributed by atoms with E-state index in [1.54, 1.807) is 0 Å². The summed E-state index contributed by atoms with van der Waals surface area (Å²) in [5.41, 5.74) is 3.30. The summed E-state index contributed by atoms with van der Waals surface area (Å²) in [5.74, 6) is -0.673. The quantitative estimate of drug-likeness (QED) is 0.699. The number of allylic oxidation sites excluding steroid dienone is 3. The summed E-state index contributed by atoms with van der Waals surface area (Å²) in [5, 5.41) is 9.64. The van der Waals surface area contributed by atoms with Crippen molar-refractivity contribution in [1.82, 2.24) is 0 Å². The zero-order valence-electron chi connectivity index (χ0n) is 13.3. The van der Waals surface area contributed by atoms with Crippen molar-refractivity contribution in [2.75, 3.05) is 0 Å². The number of rotatable bonds is 2. The second-order valence-electron chi connectivity index (χ2n) is 6.57. The van der Waals surface area contributed by atoms with Crippen LogP contribution in [0.25, 0.3) is 0 Å². The lowest BCUT2D eigenvalue weighted by molar-refractivity contribution is -0.132. The molecule has 2 rings (SSSR count). The van der Waals surface area contributed by atoms with E-state index in [2.05, 4.69) is 6.08 Å². The molecule has 2 heteroatoms. The van der Waals surface area contributed by atoms with E-state index < -0.39 is 5.97 Å². The van der Waals surface area contributed by atoms with Gasteiger partial charge in [0.15, 0.2) is 0 Å². The highest BCUT2D eigenvalue weighted by molar-refractivity contribution is 5.88. The Labute approximate surface area is 129 Å². The molecule has 0 saturated heterocycles. The maximum atomic E-state index is 11.7. The molecule has 0 heterocycles. The van der Waals surface area contributed by atoms with Gasteiger partial charge < -0.3 is 5.11 Å². The minimum atomic E-state index is -0.673. The molecule has 2 aliphatic carbocycles. The first kappa shape index (κ1) is 16.3. The van der Waals surface area contributed by atoms with Gasteiger partial charge in [-0.1, -0.05) is 44.6 Å². The number of carboxylic acid groups (broad SMARTS) is 1. The highest BCUT2D eigenvalue weighted by Gasteiger charge is 2.18. The fourth-order valence-corrected chi connectivity index (χ4v) is 3.67. The van der Waals surface area contributed by atoms with Crippen LogP contribution in [0.4, 0.5) is 0 Å². The number of carbonyl (C=O) groups is 1. The van der Waals surface area contributed by atoms with E-state index in [1.165, 1.54) is 62.5 Å². The van der Waals surface area contributed by atoms with Crippen molar-refractivity contribution in [1.29, 1.82) is 0 Å². The molecule has 118 valence electrons. The molecule has 0 aromatic heterocycles. The Kier molecular flexibility index (Phi) is 7.05. The molecule has 0 atom stereocenters. The Hall–Kier alpha value is -1.05. The van der Waals surface area contributed by atoms with Crippen LogP contribution < -0.4 is 0 Å². The number of hydrogen-bond donors (Lipinski definition) is 1. The van der Waals surface area contributed by atoms with Crippen LogP contribution in [0.5, 0.6) is 0 Å². The Balaban J connectivity index is 2.25. The number of carboxylic acids is 1. The maximum absolute atomic E-state index is 11.7. The fourth-order valence-electron chi connectivity index (χ4n) is 3.67. The lowest BCUT2D eigenvalue weighted by atomic mass is 9.89. The molecule has 0 radical (unpaired) electrons. The van der Waals surface area contributed by atoms with Crippen molar-refractivity contribution >= 4 is 5.97 Å². The van der Waals surface area contributed by atoms with E-state index >= 15 is 0 Å². The highest BCUT2D eigenvalue weighted by atomic mass is 16.4. The molecule has 0 fully saturated rings. The largest absolute Gasteiger partial charge is 0.478 e. The average molecular weight is 290 g/mol. The van der Waals surface area contributed by atoms with Crippen LogP contribution >= 0.6 is 0 Å². The molecule has 2 nitrogen and oxygen atoms in total. The van der Waals surface area contributed by atoms with E-state index in [9.17, 15) is 9.90 Å². The van der Waals surface area contributed by atoms with Crippen molar-refractivity contribution in [2.24, 2.45) is 0 Å². The summed E-state index contributed by atoms with van der Waals surface area (Å²) < 4.78 is 0. The molecule has 0 aliphatic heterocycles. The van der Waals surface area contributed by atoms with Gasteiger partial charge in [0.05, 0.1) is 0 Å². The standard InChI is InChI=1S/C19H30O2/c20-19(21)18-15-11-7-3-6-10-14-17(18)16-12-8-4-1-2-5-9-13-16/h12H,1-11,13-15H2,(H,20,21)/b16-12+,18-17-. The van der Waals surface area contributed by atoms with Gasteiger partial charge in [-0.3, -0.25) is 0 Å². The van der Waals surface area contributed by atoms with Crippen molar-refractivity contribution in [3.05, 3.63) is 22.8 Å². The summed E-state index contributed by atoms with van der Waals surface area (Å²) >= 11 is 0. The molecule has 0 unspecified atom stereocenters. The fraction of sp³-hybridized carbons (Fsp3) is 0.737. The third kappa shape index (κ3) is 5.33. The van der Waals surface area contributed by atoms with Crippen LogP contribution in [0.15, 0.2) is 22.8 Å². The first-order valence-electron chi connectivity index (χ1n) is 8.94. The average Bonchev–Trinajstić information content (AvgIpc) is 2.68. The van der Waals surface area contributed by atoms with Crippen molar-refractivity contribution < 1.29 is 9.90 Å². The van der Waals surface area contributed by atoms with E-state index in [0.29, 0.717) is 0 Å². The van der Waals surface area contributed by atoms with Crippen LogP contribution in [0.3, 0.4) is 0 Å². The normalized spacial score (nSPS) is 28.9. The van der Waals surface area contributed by atoms with Gasteiger partial charge in [-0.25, -0.2) is 4.79 Å². The molecule has 0 saturated carbocycles. The second kappa shape index (κ2) is 9.07. The first-order valence-corrected chi connectivity index (χ1v) is 8.94. The van der Waals surface area contributed by atoms with Gasteiger partial charge in [0.2, 0.25) is 0 Å². The van der Waals surface area contributed by atoms with Crippen LogP contribution in [0.1, 0.15) is 89.9 Å². The van der Waals surface area contributed by atoms with Crippen LogP contribution in [-0.2, 0) is 4.79 Å². The lowest BCUT2D eigenvalue weighted by Crippen LogP contribution is -2.07. The zero-order valence-corrected chi connectivity index (χ0v) is 13.3. The van der Waals surface area contributed by atoms with Gasteiger partial charge in [0, 0.05) is 5.57 Å². The van der Waals surface area contributed by atoms with Gasteiger partial charge in [0.25, 0.3) is 0 Å². The van der Waals surface area contributed by atoms with Gasteiger partial charge in [-0.2, -0.15) is 0 Å². The third-order valence-electron chi connectivity index (χ3n) is 4.90.